The molecular formula is C14H15N3O5. The van der Waals surface area contributed by atoms with Crippen LogP contribution in [-0.4, -0.2) is 46.0 Å². The summed E-state index contributed by atoms with van der Waals surface area (Å²) in [5.41, 5.74) is 0.559. The van der Waals surface area contributed by atoms with Crippen molar-refractivity contribution in [3.05, 3.63) is 46.5 Å². The molecule has 0 spiro atoms. The molecule has 0 atom stereocenters. The van der Waals surface area contributed by atoms with Crippen molar-refractivity contribution in [2.45, 2.75) is 6.42 Å². The summed E-state index contributed by atoms with van der Waals surface area (Å²) in [4.78, 5) is 26.6. The molecule has 116 valence electrons. The van der Waals surface area contributed by atoms with E-state index in [1.165, 1.54) is 18.3 Å². The van der Waals surface area contributed by atoms with Gasteiger partial charge in [0.15, 0.2) is 11.7 Å². The average Bonchev–Trinajstić information content (AvgIpc) is 2.93. The lowest BCUT2D eigenvalue weighted by atomic mass is 10.2. The number of hydrogen-bond acceptors (Lipinski definition) is 6. The van der Waals surface area contributed by atoms with Gasteiger partial charge in [-0.25, -0.2) is 4.98 Å². The first-order valence-electron chi connectivity index (χ1n) is 6.55. The predicted octanol–water partition coefficient (Wildman–Crippen LogP) is 1.81. The summed E-state index contributed by atoms with van der Waals surface area (Å²) in [6.45, 7) is 0.430. The highest BCUT2D eigenvalue weighted by molar-refractivity contribution is 5.69. The van der Waals surface area contributed by atoms with Gasteiger partial charge in [0.05, 0.1) is 17.7 Å². The molecule has 0 saturated heterocycles. The summed E-state index contributed by atoms with van der Waals surface area (Å²) in [5.74, 6) is 0.00511. The first-order valence-corrected chi connectivity index (χ1v) is 6.55. The number of carboxylic acid groups (broad SMARTS) is 1. The van der Waals surface area contributed by atoms with Crippen molar-refractivity contribution in [3.63, 3.8) is 0 Å². The largest absolute Gasteiger partial charge is 0.480 e. The average molecular weight is 305 g/mol. The number of nitro groups is 1. The topological polar surface area (TPSA) is 110 Å². The molecule has 22 heavy (non-hydrogen) atoms. The summed E-state index contributed by atoms with van der Waals surface area (Å²) in [6, 6.07) is 6.10. The Balaban J connectivity index is 2.03. The van der Waals surface area contributed by atoms with Crippen LogP contribution < -0.4 is 0 Å². The maximum Gasteiger partial charge on any atom is 0.317 e. The SMILES string of the molecule is CN(CCc1ncc(-c2cccc([N+](=O)[O-])c2)o1)CC(=O)O. The Morgan fingerprint density at radius 2 is 2.27 bits per heavy atom. The van der Waals surface area contributed by atoms with Gasteiger partial charge in [-0.2, -0.15) is 0 Å². The molecule has 0 bridgehead atoms. The fourth-order valence-corrected chi connectivity index (χ4v) is 1.93. The number of aliphatic carboxylic acids is 1. The molecule has 1 aromatic carbocycles. The first kappa shape index (κ1) is 15.6. The van der Waals surface area contributed by atoms with Gasteiger partial charge < -0.3 is 9.52 Å². The Morgan fingerprint density at radius 3 is 2.95 bits per heavy atom. The number of hydrogen-bond donors (Lipinski definition) is 1. The zero-order valence-corrected chi connectivity index (χ0v) is 11.9. The molecule has 0 aliphatic rings. The van der Waals surface area contributed by atoms with Gasteiger partial charge in [-0.05, 0) is 7.05 Å². The smallest absolute Gasteiger partial charge is 0.317 e. The standard InChI is InChI=1S/C14H15N3O5/c1-16(9-14(18)19)6-5-13-15-8-12(22-13)10-3-2-4-11(7-10)17(20)21/h2-4,7-8H,5-6,9H2,1H3,(H,18,19). The van der Waals surface area contributed by atoms with Gasteiger partial charge >= 0.3 is 5.97 Å². The molecule has 0 radical (unpaired) electrons. The van der Waals surface area contributed by atoms with Crippen molar-refractivity contribution in [1.82, 2.24) is 9.88 Å². The number of nitro benzene ring substituents is 1. The van der Waals surface area contributed by atoms with E-state index in [9.17, 15) is 14.9 Å². The summed E-state index contributed by atoms with van der Waals surface area (Å²) in [5, 5.41) is 19.4. The second-order valence-corrected chi connectivity index (χ2v) is 4.81. The Bertz CT molecular complexity index is 683. The van der Waals surface area contributed by atoms with E-state index in [-0.39, 0.29) is 12.2 Å². The zero-order valence-electron chi connectivity index (χ0n) is 11.9. The summed E-state index contributed by atoms with van der Waals surface area (Å²) in [6.07, 6.45) is 1.96. The quantitative estimate of drug-likeness (QED) is 0.613. The van der Waals surface area contributed by atoms with Gasteiger partial charge in [-0.3, -0.25) is 19.8 Å². The van der Waals surface area contributed by atoms with Crippen LogP contribution in [0.5, 0.6) is 0 Å². The lowest BCUT2D eigenvalue weighted by molar-refractivity contribution is -0.384. The van der Waals surface area contributed by atoms with E-state index >= 15 is 0 Å². The molecule has 0 unspecified atom stereocenters. The van der Waals surface area contributed by atoms with Crippen molar-refractivity contribution in [2.24, 2.45) is 0 Å². The van der Waals surface area contributed by atoms with Crippen molar-refractivity contribution in [3.8, 4) is 11.3 Å². The van der Waals surface area contributed by atoms with Crippen molar-refractivity contribution in [1.29, 1.82) is 0 Å². The highest BCUT2D eigenvalue weighted by Gasteiger charge is 2.12. The van der Waals surface area contributed by atoms with E-state index in [2.05, 4.69) is 4.98 Å². The third-order valence-corrected chi connectivity index (χ3v) is 3.01. The molecule has 0 fully saturated rings. The molecule has 2 rings (SSSR count). The number of non-ortho nitro benzene ring substituents is 1. The lowest BCUT2D eigenvalue weighted by Gasteiger charge is -2.11. The second-order valence-electron chi connectivity index (χ2n) is 4.81. The van der Waals surface area contributed by atoms with Crippen molar-refractivity contribution in [2.75, 3.05) is 20.1 Å². The molecule has 0 saturated carbocycles. The molecular weight excluding hydrogens is 290 g/mol. The number of oxazole rings is 1. The van der Waals surface area contributed by atoms with Crippen LogP contribution in [0.1, 0.15) is 5.89 Å². The molecule has 1 heterocycles. The Kier molecular flexibility index (Phi) is 4.84. The van der Waals surface area contributed by atoms with Gasteiger partial charge in [0.25, 0.3) is 5.69 Å². The van der Waals surface area contributed by atoms with Gasteiger partial charge in [-0.15, -0.1) is 0 Å². The van der Waals surface area contributed by atoms with Crippen LogP contribution in [0, 0.1) is 10.1 Å². The minimum absolute atomic E-state index is 0.0170. The van der Waals surface area contributed by atoms with Crippen molar-refractivity contribution < 1.29 is 19.2 Å². The monoisotopic (exact) mass is 305 g/mol. The zero-order chi connectivity index (χ0) is 16.1. The maximum absolute atomic E-state index is 10.8. The highest BCUT2D eigenvalue weighted by Crippen LogP contribution is 2.24. The maximum atomic E-state index is 10.8. The Morgan fingerprint density at radius 1 is 1.50 bits per heavy atom. The minimum Gasteiger partial charge on any atom is -0.480 e. The predicted molar refractivity (Wildman–Crippen MR) is 77.4 cm³/mol. The van der Waals surface area contributed by atoms with E-state index in [4.69, 9.17) is 9.52 Å². The molecule has 0 amide bonds. The fraction of sp³-hybridized carbons (Fsp3) is 0.286. The molecule has 8 heteroatoms. The van der Waals surface area contributed by atoms with Crippen LogP contribution in [-0.2, 0) is 11.2 Å². The number of carbonyl (C=O) groups is 1. The Hall–Kier alpha value is -2.74. The van der Waals surface area contributed by atoms with Gasteiger partial charge in [0, 0.05) is 30.7 Å². The second kappa shape index (κ2) is 6.81. The van der Waals surface area contributed by atoms with Crippen LogP contribution in [0.3, 0.4) is 0 Å². The van der Waals surface area contributed by atoms with E-state index in [0.717, 1.165) is 0 Å². The van der Waals surface area contributed by atoms with Gasteiger partial charge in [0.2, 0.25) is 0 Å². The summed E-state index contributed by atoms with van der Waals surface area (Å²) < 4.78 is 5.55. The molecule has 0 aliphatic carbocycles. The molecule has 2 aromatic rings. The van der Waals surface area contributed by atoms with E-state index < -0.39 is 10.9 Å². The normalized spacial score (nSPS) is 10.8. The van der Waals surface area contributed by atoms with Crippen LogP contribution in [0.2, 0.25) is 0 Å². The summed E-state index contributed by atoms with van der Waals surface area (Å²) >= 11 is 0. The third-order valence-electron chi connectivity index (χ3n) is 3.01. The number of benzene rings is 1. The van der Waals surface area contributed by atoms with Gasteiger partial charge in [-0.1, -0.05) is 12.1 Å². The highest BCUT2D eigenvalue weighted by atomic mass is 16.6. The van der Waals surface area contributed by atoms with Crippen LogP contribution >= 0.6 is 0 Å². The fourth-order valence-electron chi connectivity index (χ4n) is 1.93. The lowest BCUT2D eigenvalue weighted by Crippen LogP contribution is -2.27. The van der Waals surface area contributed by atoms with Crippen LogP contribution in [0.15, 0.2) is 34.9 Å². The number of nitrogens with zero attached hydrogens (tertiary/aromatic N) is 3. The number of aromatic nitrogens is 1. The van der Waals surface area contributed by atoms with Crippen LogP contribution in [0.25, 0.3) is 11.3 Å². The molecule has 1 aromatic heterocycles. The number of carboxylic acids is 1. The van der Waals surface area contributed by atoms with E-state index in [1.54, 1.807) is 24.1 Å². The van der Waals surface area contributed by atoms with E-state index in [1.807, 2.05) is 0 Å². The first-order chi connectivity index (χ1) is 10.5. The molecule has 0 aliphatic heterocycles. The third kappa shape index (κ3) is 4.13. The summed E-state index contributed by atoms with van der Waals surface area (Å²) in [7, 11) is 1.69. The van der Waals surface area contributed by atoms with Crippen molar-refractivity contribution >= 4 is 11.7 Å². The number of likely N-dealkylation sites (N-methyl/N-ethyl adjacent to an activating group) is 1. The number of rotatable bonds is 7. The van der Waals surface area contributed by atoms with Crippen LogP contribution in [0.4, 0.5) is 5.69 Å². The molecule has 8 nitrogen and oxygen atoms in total. The Labute approximate surface area is 126 Å². The minimum atomic E-state index is -0.896. The van der Waals surface area contributed by atoms with E-state index in [0.29, 0.717) is 30.2 Å². The van der Waals surface area contributed by atoms with Gasteiger partial charge in [0.1, 0.15) is 0 Å². The molecule has 1 N–H and O–H groups in total.